The van der Waals surface area contributed by atoms with Gasteiger partial charge in [0.1, 0.15) is 11.2 Å². The molecule has 0 amide bonds. The fourth-order valence-electron chi connectivity index (χ4n) is 4.24. The molecule has 0 saturated carbocycles. The van der Waals surface area contributed by atoms with E-state index in [1.165, 1.54) is 22.3 Å². The van der Waals surface area contributed by atoms with Crippen molar-refractivity contribution in [2.45, 2.75) is 0 Å². The van der Waals surface area contributed by atoms with Crippen LogP contribution in [0.5, 0.6) is 0 Å². The molecule has 0 unspecified atom stereocenters. The molecule has 4 aromatic carbocycles. The highest BCUT2D eigenvalue weighted by atomic mass is 16.3. The van der Waals surface area contributed by atoms with Gasteiger partial charge in [-0.3, -0.25) is 9.98 Å². The predicted molar refractivity (Wildman–Crippen MR) is 129 cm³/mol. The fraction of sp³-hybridized carbons (Fsp3) is 0.0714. The van der Waals surface area contributed by atoms with Crippen LogP contribution in [0.25, 0.3) is 33.1 Å². The van der Waals surface area contributed by atoms with E-state index in [9.17, 15) is 0 Å². The zero-order valence-corrected chi connectivity index (χ0v) is 17.5. The van der Waals surface area contributed by atoms with Crippen LogP contribution in [0.3, 0.4) is 0 Å². The van der Waals surface area contributed by atoms with Gasteiger partial charge in [-0.25, -0.2) is 0 Å². The molecule has 1 aliphatic carbocycles. The predicted octanol–water partition coefficient (Wildman–Crippen LogP) is 6.25. The van der Waals surface area contributed by atoms with Gasteiger partial charge in [-0.15, -0.1) is 0 Å². The SMILES string of the molecule is CN=C1c2ccccc2-c2ccccc21.CN=c1c2ccccc2oc2ccccc12. The Morgan fingerprint density at radius 2 is 0.903 bits per heavy atom. The zero-order valence-electron chi connectivity index (χ0n) is 17.5. The molecule has 6 rings (SSSR count). The molecule has 31 heavy (non-hydrogen) atoms. The number of fused-ring (bicyclic) bond motifs is 5. The van der Waals surface area contributed by atoms with Crippen LogP contribution in [0.4, 0.5) is 0 Å². The first kappa shape index (κ1) is 19.0. The lowest BCUT2D eigenvalue weighted by Gasteiger charge is -2.02. The molecule has 150 valence electrons. The quantitative estimate of drug-likeness (QED) is 0.277. The minimum atomic E-state index is 0.877. The van der Waals surface area contributed by atoms with Gasteiger partial charge >= 0.3 is 0 Å². The lowest BCUT2D eigenvalue weighted by Crippen LogP contribution is -2.04. The van der Waals surface area contributed by atoms with Crippen LogP contribution in [-0.4, -0.2) is 19.8 Å². The van der Waals surface area contributed by atoms with Crippen molar-refractivity contribution in [3.8, 4) is 11.1 Å². The van der Waals surface area contributed by atoms with Crippen molar-refractivity contribution in [3.63, 3.8) is 0 Å². The Morgan fingerprint density at radius 1 is 0.484 bits per heavy atom. The summed E-state index contributed by atoms with van der Waals surface area (Å²) in [5.74, 6) is 0. The first-order chi connectivity index (χ1) is 15.3. The molecule has 0 atom stereocenters. The molecule has 0 fully saturated rings. The first-order valence-electron chi connectivity index (χ1n) is 10.3. The van der Waals surface area contributed by atoms with Gasteiger partial charge in [0, 0.05) is 36.0 Å². The molecular formula is C28H22N2O. The van der Waals surface area contributed by atoms with Gasteiger partial charge in [0.2, 0.25) is 0 Å². The maximum Gasteiger partial charge on any atom is 0.136 e. The highest BCUT2D eigenvalue weighted by Crippen LogP contribution is 2.36. The summed E-state index contributed by atoms with van der Waals surface area (Å²) in [6, 6.07) is 32.8. The smallest absolute Gasteiger partial charge is 0.136 e. The Bertz CT molecular complexity index is 1400. The minimum absolute atomic E-state index is 0.877. The van der Waals surface area contributed by atoms with E-state index >= 15 is 0 Å². The van der Waals surface area contributed by atoms with E-state index in [0.717, 1.165) is 33.0 Å². The maximum absolute atomic E-state index is 5.83. The van der Waals surface area contributed by atoms with Crippen molar-refractivity contribution in [1.82, 2.24) is 0 Å². The summed E-state index contributed by atoms with van der Waals surface area (Å²) in [7, 11) is 3.67. The average molecular weight is 402 g/mol. The largest absolute Gasteiger partial charge is 0.456 e. The standard InChI is InChI=1S/C14H11NO.C14H11N/c1-15-14-10-6-2-4-8-12(10)16-13-9-5-3-7-11(13)14;1-15-14-12-8-4-2-6-10(12)11-7-3-5-9-13(11)14/h2-9H,1H3;2-9H,1H3. The van der Waals surface area contributed by atoms with Gasteiger partial charge in [0.05, 0.1) is 11.1 Å². The van der Waals surface area contributed by atoms with Crippen LogP contribution in [0.2, 0.25) is 0 Å². The lowest BCUT2D eigenvalue weighted by atomic mass is 10.1. The van der Waals surface area contributed by atoms with Gasteiger partial charge in [-0.1, -0.05) is 72.8 Å². The van der Waals surface area contributed by atoms with Crippen molar-refractivity contribution in [2.75, 3.05) is 14.1 Å². The van der Waals surface area contributed by atoms with Crippen molar-refractivity contribution in [2.24, 2.45) is 9.98 Å². The Hall–Kier alpha value is -3.98. The number of hydrogen-bond donors (Lipinski definition) is 0. The van der Waals surface area contributed by atoms with Gasteiger partial charge in [-0.05, 0) is 35.4 Å². The molecular weight excluding hydrogens is 380 g/mol. The maximum atomic E-state index is 5.83. The molecule has 0 radical (unpaired) electrons. The van der Waals surface area contributed by atoms with Gasteiger partial charge in [0.25, 0.3) is 0 Å². The summed E-state index contributed by atoms with van der Waals surface area (Å²) in [6.45, 7) is 0. The molecule has 1 aliphatic rings. The Labute approximate surface area is 181 Å². The molecule has 0 spiro atoms. The molecule has 0 saturated heterocycles. The summed E-state index contributed by atoms with van der Waals surface area (Å²) in [5, 5.41) is 3.12. The topological polar surface area (TPSA) is 37.9 Å². The summed E-state index contributed by atoms with van der Waals surface area (Å²) in [5.41, 5.74) is 7.97. The fourth-order valence-corrected chi connectivity index (χ4v) is 4.24. The Kier molecular flexibility index (Phi) is 4.93. The molecule has 1 heterocycles. The third-order valence-electron chi connectivity index (χ3n) is 5.61. The van der Waals surface area contributed by atoms with Crippen molar-refractivity contribution in [3.05, 3.63) is 114 Å². The normalized spacial score (nSPS) is 11.5. The van der Waals surface area contributed by atoms with Crippen LogP contribution in [0.15, 0.2) is 111 Å². The molecule has 3 heteroatoms. The van der Waals surface area contributed by atoms with E-state index in [2.05, 4.69) is 58.5 Å². The van der Waals surface area contributed by atoms with Crippen molar-refractivity contribution >= 4 is 27.7 Å². The van der Waals surface area contributed by atoms with Crippen molar-refractivity contribution < 1.29 is 4.42 Å². The van der Waals surface area contributed by atoms with Crippen LogP contribution >= 0.6 is 0 Å². The number of benzene rings is 4. The van der Waals surface area contributed by atoms with Crippen LogP contribution in [0.1, 0.15) is 11.1 Å². The van der Waals surface area contributed by atoms with E-state index in [4.69, 9.17) is 4.42 Å². The molecule has 1 aromatic heterocycles. The summed E-state index contributed by atoms with van der Waals surface area (Å²) < 4.78 is 5.83. The van der Waals surface area contributed by atoms with Gasteiger partial charge in [-0.2, -0.15) is 0 Å². The van der Waals surface area contributed by atoms with Gasteiger partial charge < -0.3 is 4.42 Å². The van der Waals surface area contributed by atoms with E-state index < -0.39 is 0 Å². The van der Waals surface area contributed by atoms with Crippen LogP contribution < -0.4 is 5.36 Å². The Balaban J connectivity index is 0.000000132. The molecule has 5 aromatic rings. The number of nitrogens with zero attached hydrogens (tertiary/aromatic N) is 2. The second kappa shape index (κ2) is 8.04. The lowest BCUT2D eigenvalue weighted by molar-refractivity contribution is 0.659. The second-order valence-corrected chi connectivity index (χ2v) is 7.33. The van der Waals surface area contributed by atoms with Gasteiger partial charge in [0.15, 0.2) is 0 Å². The third kappa shape index (κ3) is 3.24. The number of aliphatic imine (C=N–C) groups is 1. The van der Waals surface area contributed by atoms with E-state index in [0.29, 0.717) is 0 Å². The number of para-hydroxylation sites is 2. The van der Waals surface area contributed by atoms with E-state index in [-0.39, 0.29) is 0 Å². The summed E-state index contributed by atoms with van der Waals surface area (Å²) >= 11 is 0. The third-order valence-corrected chi connectivity index (χ3v) is 5.61. The number of rotatable bonds is 0. The van der Waals surface area contributed by atoms with E-state index in [1.807, 2.05) is 62.6 Å². The molecule has 0 bridgehead atoms. The molecule has 3 nitrogen and oxygen atoms in total. The second-order valence-electron chi connectivity index (χ2n) is 7.33. The molecule has 0 N–H and O–H groups in total. The zero-order chi connectivity index (χ0) is 21.2. The van der Waals surface area contributed by atoms with Crippen molar-refractivity contribution in [1.29, 1.82) is 0 Å². The van der Waals surface area contributed by atoms with E-state index in [1.54, 1.807) is 0 Å². The number of hydrogen-bond acceptors (Lipinski definition) is 3. The van der Waals surface area contributed by atoms with Crippen LogP contribution in [0, 0.1) is 0 Å². The first-order valence-corrected chi connectivity index (χ1v) is 10.3. The summed E-state index contributed by atoms with van der Waals surface area (Å²) in [6.07, 6.45) is 0. The monoisotopic (exact) mass is 402 g/mol. The Morgan fingerprint density at radius 3 is 1.35 bits per heavy atom. The molecule has 0 aliphatic heterocycles. The highest BCUT2D eigenvalue weighted by Gasteiger charge is 2.22. The average Bonchev–Trinajstić information content (AvgIpc) is 3.16. The minimum Gasteiger partial charge on any atom is -0.456 e. The van der Waals surface area contributed by atoms with Crippen LogP contribution in [-0.2, 0) is 0 Å². The highest BCUT2D eigenvalue weighted by molar-refractivity contribution is 6.24. The summed E-state index contributed by atoms with van der Waals surface area (Å²) in [4.78, 5) is 8.75.